The molecule has 0 saturated heterocycles. The molecule has 1 amide bonds. The summed E-state index contributed by atoms with van der Waals surface area (Å²) in [5.74, 6) is -0.822. The molecule has 25 heavy (non-hydrogen) atoms. The number of benzene rings is 2. The molecule has 5 heteroatoms. The van der Waals surface area contributed by atoms with E-state index >= 15 is 0 Å². The monoisotopic (exact) mass is 336 g/mol. The Morgan fingerprint density at radius 3 is 2.28 bits per heavy atom. The number of amides is 1. The third-order valence-electron chi connectivity index (χ3n) is 4.34. The van der Waals surface area contributed by atoms with E-state index in [0.717, 1.165) is 12.0 Å². The molecule has 2 aromatic carbocycles. The summed E-state index contributed by atoms with van der Waals surface area (Å²) in [6, 6.07) is 19.3. The number of hydrogen-bond acceptors (Lipinski definition) is 3. The number of carbonyl (C=O) groups excluding carboxylic acids is 1. The maximum atomic E-state index is 12.3. The van der Waals surface area contributed by atoms with E-state index in [4.69, 9.17) is 5.11 Å². The molecule has 128 valence electrons. The number of carboxylic acids is 1. The number of rotatable bonds is 7. The molecule has 0 unspecified atom stereocenters. The minimum Gasteiger partial charge on any atom is -0.481 e. The summed E-state index contributed by atoms with van der Waals surface area (Å²) in [5, 5.41) is 13.1. The molecule has 2 aromatic rings. The quantitative estimate of drug-likeness (QED) is 0.602. The SMILES string of the molecule is O=C(O)CCC(=NNC(=O)[C@H]1C[C@H]1c1ccccc1)c1ccccc1. The number of hydrogen-bond donors (Lipinski definition) is 2. The van der Waals surface area contributed by atoms with Crippen LogP contribution in [0.2, 0.25) is 0 Å². The Morgan fingerprint density at radius 2 is 1.64 bits per heavy atom. The first kappa shape index (κ1) is 16.9. The maximum absolute atomic E-state index is 12.3. The molecule has 1 aliphatic carbocycles. The van der Waals surface area contributed by atoms with Crippen molar-refractivity contribution in [3.63, 3.8) is 0 Å². The van der Waals surface area contributed by atoms with Crippen LogP contribution in [0.15, 0.2) is 65.8 Å². The Morgan fingerprint density at radius 1 is 1.00 bits per heavy atom. The minimum absolute atomic E-state index is 0.0281. The van der Waals surface area contributed by atoms with E-state index in [0.29, 0.717) is 5.71 Å². The van der Waals surface area contributed by atoms with E-state index in [2.05, 4.69) is 10.5 Å². The van der Waals surface area contributed by atoms with Crippen LogP contribution in [-0.4, -0.2) is 22.7 Å². The Hall–Kier alpha value is -2.95. The van der Waals surface area contributed by atoms with Gasteiger partial charge in [0.2, 0.25) is 5.91 Å². The highest BCUT2D eigenvalue weighted by molar-refractivity contribution is 6.02. The number of carbonyl (C=O) groups is 2. The predicted octanol–water partition coefficient (Wildman–Crippen LogP) is 3.18. The first-order chi connectivity index (χ1) is 12.1. The highest BCUT2D eigenvalue weighted by Gasteiger charge is 2.43. The summed E-state index contributed by atoms with van der Waals surface area (Å²) in [4.78, 5) is 23.2. The van der Waals surface area contributed by atoms with Gasteiger partial charge in [-0.3, -0.25) is 9.59 Å². The zero-order valence-corrected chi connectivity index (χ0v) is 13.8. The third kappa shape index (κ3) is 4.53. The Labute approximate surface area is 146 Å². The van der Waals surface area contributed by atoms with Crippen molar-refractivity contribution in [1.82, 2.24) is 5.43 Å². The molecule has 1 aliphatic rings. The topological polar surface area (TPSA) is 78.8 Å². The molecule has 0 aliphatic heterocycles. The Balaban J connectivity index is 1.65. The van der Waals surface area contributed by atoms with Crippen LogP contribution in [0.4, 0.5) is 0 Å². The molecule has 2 atom stereocenters. The summed E-state index contributed by atoms with van der Waals surface area (Å²) in [7, 11) is 0. The molecule has 1 fully saturated rings. The zero-order chi connectivity index (χ0) is 17.6. The van der Waals surface area contributed by atoms with E-state index in [9.17, 15) is 9.59 Å². The molecule has 2 N–H and O–H groups in total. The van der Waals surface area contributed by atoms with Crippen LogP contribution < -0.4 is 5.43 Å². The molecule has 0 radical (unpaired) electrons. The van der Waals surface area contributed by atoms with Gasteiger partial charge in [-0.15, -0.1) is 0 Å². The summed E-state index contributed by atoms with van der Waals surface area (Å²) in [6.07, 6.45) is 1.06. The lowest BCUT2D eigenvalue weighted by atomic mass is 10.1. The second-order valence-corrected chi connectivity index (χ2v) is 6.15. The van der Waals surface area contributed by atoms with Crippen LogP contribution in [0.1, 0.15) is 36.3 Å². The number of aliphatic carboxylic acids is 1. The van der Waals surface area contributed by atoms with Gasteiger partial charge in [0.15, 0.2) is 0 Å². The molecule has 0 aromatic heterocycles. The molecule has 1 saturated carbocycles. The van der Waals surface area contributed by atoms with Crippen LogP contribution in [0, 0.1) is 5.92 Å². The fourth-order valence-corrected chi connectivity index (χ4v) is 2.88. The lowest BCUT2D eigenvalue weighted by Gasteiger charge is -2.06. The zero-order valence-electron chi connectivity index (χ0n) is 13.8. The van der Waals surface area contributed by atoms with Crippen molar-refractivity contribution in [2.24, 2.45) is 11.0 Å². The molecule has 3 rings (SSSR count). The standard InChI is InChI=1S/C20H20N2O3/c23-19(24)12-11-18(15-9-5-2-6-10-15)21-22-20(25)17-13-16(17)14-7-3-1-4-8-14/h1-10,16-17H,11-13H2,(H,22,25)(H,23,24)/t16-,17-/m0/s1. The van der Waals surface area contributed by atoms with Crippen LogP contribution >= 0.6 is 0 Å². The van der Waals surface area contributed by atoms with Crippen molar-refractivity contribution < 1.29 is 14.7 Å². The van der Waals surface area contributed by atoms with E-state index < -0.39 is 5.97 Å². The molecular weight excluding hydrogens is 316 g/mol. The largest absolute Gasteiger partial charge is 0.481 e. The predicted molar refractivity (Wildman–Crippen MR) is 95.3 cm³/mol. The molecular formula is C20H20N2O3. The van der Waals surface area contributed by atoms with Crippen molar-refractivity contribution in [2.75, 3.05) is 0 Å². The maximum Gasteiger partial charge on any atom is 0.303 e. The van der Waals surface area contributed by atoms with Gasteiger partial charge in [0.1, 0.15) is 0 Å². The van der Waals surface area contributed by atoms with Crippen LogP contribution in [-0.2, 0) is 9.59 Å². The van der Waals surface area contributed by atoms with Crippen molar-refractivity contribution in [1.29, 1.82) is 0 Å². The van der Waals surface area contributed by atoms with E-state index in [-0.39, 0.29) is 30.6 Å². The molecule has 0 bridgehead atoms. The van der Waals surface area contributed by atoms with Gasteiger partial charge in [-0.1, -0.05) is 60.7 Å². The van der Waals surface area contributed by atoms with Crippen LogP contribution in [0.5, 0.6) is 0 Å². The summed E-state index contributed by atoms with van der Waals surface area (Å²) >= 11 is 0. The second kappa shape index (κ2) is 7.75. The summed E-state index contributed by atoms with van der Waals surface area (Å²) < 4.78 is 0. The van der Waals surface area contributed by atoms with Gasteiger partial charge >= 0.3 is 5.97 Å². The van der Waals surface area contributed by atoms with Gasteiger partial charge in [-0.2, -0.15) is 5.10 Å². The normalized spacial score (nSPS) is 19.3. The average molecular weight is 336 g/mol. The van der Waals surface area contributed by atoms with Crippen molar-refractivity contribution in [3.8, 4) is 0 Å². The first-order valence-corrected chi connectivity index (χ1v) is 8.33. The van der Waals surface area contributed by atoms with Gasteiger partial charge in [0, 0.05) is 12.3 Å². The van der Waals surface area contributed by atoms with Crippen molar-refractivity contribution in [2.45, 2.75) is 25.2 Å². The third-order valence-corrected chi connectivity index (χ3v) is 4.34. The number of carboxylic acid groups (broad SMARTS) is 1. The highest BCUT2D eigenvalue weighted by atomic mass is 16.4. The van der Waals surface area contributed by atoms with Gasteiger partial charge < -0.3 is 5.11 Å². The van der Waals surface area contributed by atoms with E-state index in [1.165, 1.54) is 5.56 Å². The fourth-order valence-electron chi connectivity index (χ4n) is 2.88. The second-order valence-electron chi connectivity index (χ2n) is 6.15. The molecule has 0 heterocycles. The van der Waals surface area contributed by atoms with Gasteiger partial charge in [-0.25, -0.2) is 5.43 Å². The highest BCUT2D eigenvalue weighted by Crippen LogP contribution is 2.47. The smallest absolute Gasteiger partial charge is 0.303 e. The number of nitrogens with one attached hydrogen (secondary N) is 1. The van der Waals surface area contributed by atoms with Crippen molar-refractivity contribution in [3.05, 3.63) is 71.8 Å². The van der Waals surface area contributed by atoms with E-state index in [1.807, 2.05) is 60.7 Å². The fraction of sp³-hybridized carbons (Fsp3) is 0.250. The lowest BCUT2D eigenvalue weighted by molar-refractivity contribution is -0.136. The van der Waals surface area contributed by atoms with E-state index in [1.54, 1.807) is 0 Å². The summed E-state index contributed by atoms with van der Waals surface area (Å²) in [6.45, 7) is 0. The number of nitrogens with zero attached hydrogens (tertiary/aromatic N) is 1. The first-order valence-electron chi connectivity index (χ1n) is 8.33. The van der Waals surface area contributed by atoms with Crippen LogP contribution in [0.3, 0.4) is 0 Å². The minimum atomic E-state index is -0.888. The number of hydrazone groups is 1. The molecule has 5 nitrogen and oxygen atoms in total. The van der Waals surface area contributed by atoms with Gasteiger partial charge in [-0.05, 0) is 23.5 Å². The summed E-state index contributed by atoms with van der Waals surface area (Å²) in [5.41, 5.74) is 5.19. The van der Waals surface area contributed by atoms with Gasteiger partial charge in [0.05, 0.1) is 12.1 Å². The lowest BCUT2D eigenvalue weighted by Crippen LogP contribution is -2.22. The van der Waals surface area contributed by atoms with Crippen molar-refractivity contribution >= 4 is 17.6 Å². The van der Waals surface area contributed by atoms with Gasteiger partial charge in [0.25, 0.3) is 0 Å². The van der Waals surface area contributed by atoms with Crippen LogP contribution in [0.25, 0.3) is 0 Å². The average Bonchev–Trinajstić information content (AvgIpc) is 3.44. The molecule has 0 spiro atoms. The Kier molecular flexibility index (Phi) is 5.23. The Bertz CT molecular complexity index is 772.